The van der Waals surface area contributed by atoms with Gasteiger partial charge in [-0.25, -0.2) is 4.98 Å². The fourth-order valence-corrected chi connectivity index (χ4v) is 2.49. The molecule has 0 bridgehead atoms. The van der Waals surface area contributed by atoms with Crippen molar-refractivity contribution in [3.8, 4) is 0 Å². The van der Waals surface area contributed by atoms with Crippen molar-refractivity contribution in [1.82, 2.24) is 9.97 Å². The van der Waals surface area contributed by atoms with Crippen LogP contribution in [0.25, 0.3) is 10.2 Å². The molecule has 74 valence electrons. The van der Waals surface area contributed by atoms with Crippen molar-refractivity contribution >= 4 is 33.8 Å². The first-order chi connectivity index (χ1) is 6.81. The van der Waals surface area contributed by atoms with Gasteiger partial charge in [0, 0.05) is 6.42 Å². The number of fused-ring (bicyclic) bond motifs is 1. The van der Waals surface area contributed by atoms with E-state index in [-0.39, 0.29) is 0 Å². The van der Waals surface area contributed by atoms with E-state index in [0.717, 1.165) is 33.5 Å². The Morgan fingerprint density at radius 2 is 2.43 bits per heavy atom. The number of hydrogen-bond acceptors (Lipinski definition) is 3. The Bertz CT molecular complexity index is 484. The van der Waals surface area contributed by atoms with Gasteiger partial charge in [0.1, 0.15) is 10.5 Å². The van der Waals surface area contributed by atoms with Gasteiger partial charge in [0.05, 0.1) is 10.2 Å². The van der Waals surface area contributed by atoms with Crippen molar-refractivity contribution in [2.45, 2.75) is 26.2 Å². The summed E-state index contributed by atoms with van der Waals surface area (Å²) in [7, 11) is 0. The Kier molecular flexibility index (Phi) is 2.93. The third kappa shape index (κ3) is 1.86. The minimum absolute atomic E-state index is 0.736. The van der Waals surface area contributed by atoms with E-state index in [1.807, 2.05) is 5.38 Å². The zero-order valence-corrected chi connectivity index (χ0v) is 9.67. The van der Waals surface area contributed by atoms with E-state index in [9.17, 15) is 0 Å². The highest BCUT2D eigenvalue weighted by atomic mass is 32.1. The maximum absolute atomic E-state index is 5.22. The highest BCUT2D eigenvalue weighted by Gasteiger charge is 2.01. The normalized spacial score (nSPS) is 10.9. The molecule has 0 saturated carbocycles. The number of aryl methyl sites for hydroxylation is 1. The molecule has 2 heterocycles. The summed E-state index contributed by atoms with van der Waals surface area (Å²) in [5, 5.41) is 2.04. The highest BCUT2D eigenvalue weighted by molar-refractivity contribution is 7.71. The summed E-state index contributed by atoms with van der Waals surface area (Å²) < 4.78 is 1.83. The van der Waals surface area contributed by atoms with Crippen LogP contribution in [0.15, 0.2) is 11.4 Å². The Morgan fingerprint density at radius 3 is 3.21 bits per heavy atom. The maximum Gasteiger partial charge on any atom is 0.147 e. The number of nitrogens with zero attached hydrogens (tertiary/aromatic N) is 1. The number of thiophene rings is 1. The van der Waals surface area contributed by atoms with Gasteiger partial charge in [-0.05, 0) is 17.9 Å². The molecule has 0 amide bonds. The molecule has 0 unspecified atom stereocenters. The molecule has 0 fully saturated rings. The topological polar surface area (TPSA) is 28.7 Å². The number of rotatable bonds is 3. The molecular formula is C10H12N2S2. The first kappa shape index (κ1) is 9.80. The van der Waals surface area contributed by atoms with Crippen LogP contribution >= 0.6 is 23.6 Å². The number of unbranched alkanes of at least 4 members (excludes halogenated alkanes) is 1. The van der Waals surface area contributed by atoms with E-state index in [2.05, 4.69) is 23.0 Å². The third-order valence-corrected chi connectivity index (χ3v) is 3.49. The largest absolute Gasteiger partial charge is 0.342 e. The molecule has 0 saturated heterocycles. The van der Waals surface area contributed by atoms with Crippen LogP contribution in [-0.4, -0.2) is 9.97 Å². The zero-order valence-electron chi connectivity index (χ0n) is 8.04. The van der Waals surface area contributed by atoms with Crippen molar-refractivity contribution in [3.63, 3.8) is 0 Å². The fourth-order valence-electron chi connectivity index (χ4n) is 1.39. The predicted molar refractivity (Wildman–Crippen MR) is 63.4 cm³/mol. The molecule has 0 aliphatic rings. The lowest BCUT2D eigenvalue weighted by Crippen LogP contribution is -1.94. The quantitative estimate of drug-likeness (QED) is 0.805. The van der Waals surface area contributed by atoms with Crippen molar-refractivity contribution in [3.05, 3.63) is 21.9 Å². The molecule has 2 aromatic rings. The van der Waals surface area contributed by atoms with Gasteiger partial charge < -0.3 is 4.98 Å². The van der Waals surface area contributed by atoms with Crippen LogP contribution in [0, 0.1) is 4.64 Å². The van der Waals surface area contributed by atoms with Crippen LogP contribution in [0.5, 0.6) is 0 Å². The van der Waals surface area contributed by atoms with Crippen molar-refractivity contribution in [1.29, 1.82) is 0 Å². The Morgan fingerprint density at radius 1 is 1.57 bits per heavy atom. The second-order valence-electron chi connectivity index (χ2n) is 3.26. The molecule has 2 nitrogen and oxygen atoms in total. The van der Waals surface area contributed by atoms with E-state index in [0.29, 0.717) is 0 Å². The molecule has 0 spiro atoms. The zero-order chi connectivity index (χ0) is 9.97. The average Bonchev–Trinajstić information content (AvgIpc) is 2.63. The van der Waals surface area contributed by atoms with E-state index in [4.69, 9.17) is 12.2 Å². The smallest absolute Gasteiger partial charge is 0.147 e. The van der Waals surface area contributed by atoms with Crippen molar-refractivity contribution in [2.75, 3.05) is 0 Å². The van der Waals surface area contributed by atoms with Crippen LogP contribution in [0.3, 0.4) is 0 Å². The number of aromatic amines is 1. The summed E-state index contributed by atoms with van der Waals surface area (Å²) in [5.41, 5.74) is 1.13. The summed E-state index contributed by atoms with van der Waals surface area (Å²) in [6.07, 6.45) is 3.34. The van der Waals surface area contributed by atoms with Crippen LogP contribution in [-0.2, 0) is 6.42 Å². The second-order valence-corrected chi connectivity index (χ2v) is 4.56. The molecule has 0 radical (unpaired) electrons. The molecule has 1 N–H and O–H groups in total. The minimum Gasteiger partial charge on any atom is -0.342 e. The lowest BCUT2D eigenvalue weighted by atomic mass is 10.2. The number of nitrogens with one attached hydrogen (secondary N) is 1. The summed E-state index contributed by atoms with van der Waals surface area (Å²) in [5.74, 6) is 1.02. The van der Waals surface area contributed by atoms with Crippen molar-refractivity contribution in [2.24, 2.45) is 0 Å². The van der Waals surface area contributed by atoms with Crippen LogP contribution < -0.4 is 0 Å². The number of H-pyrrole nitrogens is 1. The van der Waals surface area contributed by atoms with E-state index < -0.39 is 0 Å². The summed E-state index contributed by atoms with van der Waals surface area (Å²) >= 11 is 6.87. The summed E-state index contributed by atoms with van der Waals surface area (Å²) in [4.78, 5) is 7.70. The molecule has 2 aromatic heterocycles. The van der Waals surface area contributed by atoms with E-state index >= 15 is 0 Å². The third-order valence-electron chi connectivity index (χ3n) is 2.14. The maximum atomic E-state index is 5.22. The highest BCUT2D eigenvalue weighted by Crippen LogP contribution is 2.19. The monoisotopic (exact) mass is 224 g/mol. The molecule has 0 atom stereocenters. The van der Waals surface area contributed by atoms with E-state index in [1.54, 1.807) is 11.3 Å². The lowest BCUT2D eigenvalue weighted by molar-refractivity contribution is 0.756. The second kappa shape index (κ2) is 4.19. The van der Waals surface area contributed by atoms with Gasteiger partial charge in [0.15, 0.2) is 0 Å². The van der Waals surface area contributed by atoms with Gasteiger partial charge >= 0.3 is 0 Å². The van der Waals surface area contributed by atoms with Crippen molar-refractivity contribution < 1.29 is 0 Å². The fraction of sp³-hybridized carbons (Fsp3) is 0.400. The summed E-state index contributed by atoms with van der Waals surface area (Å²) in [6, 6.07) is 2.06. The molecule has 2 rings (SSSR count). The van der Waals surface area contributed by atoms with Gasteiger partial charge in [0.25, 0.3) is 0 Å². The van der Waals surface area contributed by atoms with Crippen LogP contribution in [0.2, 0.25) is 0 Å². The number of aromatic nitrogens is 2. The van der Waals surface area contributed by atoms with Gasteiger partial charge in [0.2, 0.25) is 0 Å². The molecule has 14 heavy (non-hydrogen) atoms. The summed E-state index contributed by atoms with van der Waals surface area (Å²) in [6.45, 7) is 2.18. The van der Waals surface area contributed by atoms with Gasteiger partial charge in [-0.15, -0.1) is 11.3 Å². The first-order valence-corrected chi connectivity index (χ1v) is 6.06. The Labute approximate surface area is 92.0 Å². The Hall–Kier alpha value is -0.740. The first-order valence-electron chi connectivity index (χ1n) is 4.77. The minimum atomic E-state index is 0.736. The number of hydrogen-bond donors (Lipinski definition) is 1. The lowest BCUT2D eigenvalue weighted by Gasteiger charge is -1.99. The van der Waals surface area contributed by atoms with Gasteiger partial charge in [-0.3, -0.25) is 0 Å². The molecule has 0 aliphatic heterocycles. The van der Waals surface area contributed by atoms with Gasteiger partial charge in [-0.1, -0.05) is 25.6 Å². The van der Waals surface area contributed by atoms with E-state index in [1.165, 1.54) is 6.42 Å². The molecule has 0 aliphatic carbocycles. The molecule has 4 heteroatoms. The Balaban J connectivity index is 2.43. The van der Waals surface area contributed by atoms with Crippen LogP contribution in [0.1, 0.15) is 25.6 Å². The van der Waals surface area contributed by atoms with Gasteiger partial charge in [-0.2, -0.15) is 0 Å². The predicted octanol–water partition coefficient (Wildman–Crippen LogP) is 3.70. The molecule has 0 aromatic carbocycles. The van der Waals surface area contributed by atoms with Crippen LogP contribution in [0.4, 0.5) is 0 Å². The standard InChI is InChI=1S/C10H12N2S2/c1-2-3-4-8-11-7-5-6-14-9(7)10(13)12-8/h5-6H,2-4H2,1H3,(H,11,12,13). The molecular weight excluding hydrogens is 212 g/mol. The SMILES string of the molecule is CCCCc1nc(=S)c2sccc2[nH]1. The average molecular weight is 224 g/mol.